The summed E-state index contributed by atoms with van der Waals surface area (Å²) >= 11 is 0. The first-order valence-electron chi connectivity index (χ1n) is 9.76. The summed E-state index contributed by atoms with van der Waals surface area (Å²) in [5.41, 5.74) is 14.6. The lowest BCUT2D eigenvalue weighted by molar-refractivity contribution is 1.09. The molecule has 2 aliphatic carbocycles. The number of benzene rings is 4. The number of hydrogen-bond donors (Lipinski definition) is 0. The van der Waals surface area contributed by atoms with Crippen molar-refractivity contribution in [2.24, 2.45) is 0 Å². The van der Waals surface area contributed by atoms with Crippen molar-refractivity contribution in [1.82, 2.24) is 0 Å². The normalized spacial score (nSPS) is 13.0. The molecular formula is C27H20. The van der Waals surface area contributed by atoms with Gasteiger partial charge in [-0.3, -0.25) is 0 Å². The largest absolute Gasteiger partial charge is 0.0619 e. The first kappa shape index (κ1) is 15.0. The van der Waals surface area contributed by atoms with Crippen molar-refractivity contribution in [3.8, 4) is 22.3 Å². The minimum atomic E-state index is 1.02. The van der Waals surface area contributed by atoms with Gasteiger partial charge in [-0.25, -0.2) is 0 Å². The van der Waals surface area contributed by atoms with E-state index < -0.39 is 0 Å². The van der Waals surface area contributed by atoms with Crippen molar-refractivity contribution in [3.63, 3.8) is 0 Å². The third kappa shape index (κ3) is 2.23. The predicted molar refractivity (Wildman–Crippen MR) is 112 cm³/mol. The minimum absolute atomic E-state index is 1.02. The van der Waals surface area contributed by atoms with Gasteiger partial charge in [-0.05, 0) is 74.9 Å². The summed E-state index contributed by atoms with van der Waals surface area (Å²) in [5, 5.41) is 0. The van der Waals surface area contributed by atoms with Gasteiger partial charge in [0.2, 0.25) is 0 Å². The van der Waals surface area contributed by atoms with Gasteiger partial charge < -0.3 is 0 Å². The zero-order valence-electron chi connectivity index (χ0n) is 15.2. The van der Waals surface area contributed by atoms with Crippen LogP contribution < -0.4 is 0 Å². The van der Waals surface area contributed by atoms with Crippen molar-refractivity contribution in [1.29, 1.82) is 0 Å². The van der Waals surface area contributed by atoms with Gasteiger partial charge in [-0.1, -0.05) is 84.9 Å². The number of hydrogen-bond acceptors (Lipinski definition) is 0. The van der Waals surface area contributed by atoms with E-state index >= 15 is 0 Å². The SMILES string of the molecule is c1ccc2c(c1)Cc1c(Cc3cccc4c3Cc3ccccc3-4)cccc1-2. The van der Waals surface area contributed by atoms with Gasteiger partial charge in [0.15, 0.2) is 0 Å². The van der Waals surface area contributed by atoms with E-state index in [9.17, 15) is 0 Å². The van der Waals surface area contributed by atoms with Gasteiger partial charge in [0.1, 0.15) is 0 Å². The van der Waals surface area contributed by atoms with Gasteiger partial charge >= 0.3 is 0 Å². The molecule has 0 aliphatic heterocycles. The molecule has 4 aromatic carbocycles. The molecule has 0 heteroatoms. The molecule has 0 heterocycles. The molecular weight excluding hydrogens is 324 g/mol. The molecule has 0 amide bonds. The standard InChI is InChI=1S/C27H20/c1-3-11-22-20(7-1)16-26-18(9-5-13-24(22)26)15-19-10-6-14-25-23-12-4-2-8-21(23)17-27(19)25/h1-14H,15-17H2. The summed E-state index contributed by atoms with van der Waals surface area (Å²) < 4.78 is 0. The molecule has 0 radical (unpaired) electrons. The predicted octanol–water partition coefficient (Wildman–Crippen LogP) is 6.42. The van der Waals surface area contributed by atoms with E-state index in [1.165, 1.54) is 55.6 Å². The van der Waals surface area contributed by atoms with Crippen LogP contribution in [0.1, 0.15) is 33.4 Å². The Kier molecular flexibility index (Phi) is 3.16. The van der Waals surface area contributed by atoms with E-state index in [1.807, 2.05) is 0 Å². The van der Waals surface area contributed by atoms with Crippen LogP contribution >= 0.6 is 0 Å². The molecule has 0 fully saturated rings. The Bertz CT molecular complexity index is 1100. The Morgan fingerprint density at radius 1 is 0.444 bits per heavy atom. The van der Waals surface area contributed by atoms with Gasteiger partial charge in [-0.15, -0.1) is 0 Å². The maximum absolute atomic E-state index is 2.33. The fourth-order valence-corrected chi connectivity index (χ4v) is 4.98. The van der Waals surface area contributed by atoms with E-state index in [-0.39, 0.29) is 0 Å². The molecule has 2 aliphatic rings. The second-order valence-corrected chi connectivity index (χ2v) is 7.73. The maximum atomic E-state index is 2.33. The summed E-state index contributed by atoms with van der Waals surface area (Å²) in [6, 6.07) is 31.4. The van der Waals surface area contributed by atoms with Gasteiger partial charge in [-0.2, -0.15) is 0 Å². The molecule has 27 heavy (non-hydrogen) atoms. The topological polar surface area (TPSA) is 0 Å². The molecule has 0 bridgehead atoms. The highest BCUT2D eigenvalue weighted by molar-refractivity contribution is 5.80. The van der Waals surface area contributed by atoms with Gasteiger partial charge in [0.25, 0.3) is 0 Å². The van der Waals surface area contributed by atoms with Gasteiger partial charge in [0, 0.05) is 0 Å². The van der Waals surface area contributed by atoms with E-state index in [4.69, 9.17) is 0 Å². The highest BCUT2D eigenvalue weighted by atomic mass is 14.3. The third-order valence-corrected chi connectivity index (χ3v) is 6.28. The van der Waals surface area contributed by atoms with Crippen LogP contribution in [-0.4, -0.2) is 0 Å². The zero-order valence-corrected chi connectivity index (χ0v) is 15.2. The van der Waals surface area contributed by atoms with E-state index in [0.717, 1.165) is 19.3 Å². The van der Waals surface area contributed by atoms with Crippen molar-refractivity contribution in [2.45, 2.75) is 19.3 Å². The highest BCUT2D eigenvalue weighted by Crippen LogP contribution is 2.41. The number of rotatable bonds is 2. The van der Waals surface area contributed by atoms with E-state index in [1.54, 1.807) is 0 Å². The average molecular weight is 344 g/mol. The van der Waals surface area contributed by atoms with Crippen LogP contribution in [0.5, 0.6) is 0 Å². The quantitative estimate of drug-likeness (QED) is 0.340. The van der Waals surface area contributed by atoms with Crippen LogP contribution in [0.25, 0.3) is 22.3 Å². The molecule has 0 unspecified atom stereocenters. The Morgan fingerprint density at radius 3 is 1.41 bits per heavy atom. The Balaban J connectivity index is 1.43. The first-order chi connectivity index (χ1) is 13.4. The van der Waals surface area contributed by atoms with Crippen LogP contribution in [0, 0.1) is 0 Å². The summed E-state index contributed by atoms with van der Waals surface area (Å²) in [4.78, 5) is 0. The molecule has 0 nitrogen and oxygen atoms in total. The lowest BCUT2D eigenvalue weighted by Gasteiger charge is -2.12. The van der Waals surface area contributed by atoms with Crippen molar-refractivity contribution < 1.29 is 0 Å². The Labute approximate surface area is 160 Å². The Morgan fingerprint density at radius 2 is 0.889 bits per heavy atom. The second kappa shape index (κ2) is 5.69. The van der Waals surface area contributed by atoms with Crippen molar-refractivity contribution >= 4 is 0 Å². The van der Waals surface area contributed by atoms with Crippen molar-refractivity contribution in [3.05, 3.63) is 118 Å². The second-order valence-electron chi connectivity index (χ2n) is 7.73. The van der Waals surface area contributed by atoms with Crippen LogP contribution in [0.2, 0.25) is 0 Å². The molecule has 0 N–H and O–H groups in total. The molecule has 6 rings (SSSR count). The van der Waals surface area contributed by atoms with Crippen molar-refractivity contribution in [2.75, 3.05) is 0 Å². The monoisotopic (exact) mass is 344 g/mol. The molecule has 0 spiro atoms. The highest BCUT2D eigenvalue weighted by Gasteiger charge is 2.23. The van der Waals surface area contributed by atoms with Gasteiger partial charge in [0.05, 0.1) is 0 Å². The molecule has 4 aromatic rings. The summed E-state index contributed by atoms with van der Waals surface area (Å²) in [6.07, 6.45) is 3.15. The first-order valence-corrected chi connectivity index (χ1v) is 9.76. The minimum Gasteiger partial charge on any atom is -0.0619 e. The lowest BCUT2D eigenvalue weighted by Crippen LogP contribution is -1.98. The smallest absolute Gasteiger partial charge is 0.00106 e. The molecule has 0 aromatic heterocycles. The van der Waals surface area contributed by atoms with E-state index in [2.05, 4.69) is 84.9 Å². The van der Waals surface area contributed by atoms with E-state index in [0.29, 0.717) is 0 Å². The fraction of sp³-hybridized carbons (Fsp3) is 0.111. The van der Waals surface area contributed by atoms with Crippen LogP contribution in [0.3, 0.4) is 0 Å². The summed E-state index contributed by atoms with van der Waals surface area (Å²) in [6.45, 7) is 0. The molecule has 0 saturated carbocycles. The lowest BCUT2D eigenvalue weighted by atomic mass is 9.92. The third-order valence-electron chi connectivity index (χ3n) is 6.28. The maximum Gasteiger partial charge on any atom is -0.00106 e. The van der Waals surface area contributed by atoms with Crippen LogP contribution in [-0.2, 0) is 19.3 Å². The fourth-order valence-electron chi connectivity index (χ4n) is 4.98. The average Bonchev–Trinajstić information content (AvgIpc) is 3.28. The molecule has 128 valence electrons. The Hall–Kier alpha value is -3.12. The number of fused-ring (bicyclic) bond motifs is 6. The molecule has 0 atom stereocenters. The van der Waals surface area contributed by atoms with Crippen LogP contribution in [0.15, 0.2) is 84.9 Å². The van der Waals surface area contributed by atoms with Crippen LogP contribution in [0.4, 0.5) is 0 Å². The molecule has 0 saturated heterocycles. The summed E-state index contributed by atoms with van der Waals surface area (Å²) in [7, 11) is 0. The summed E-state index contributed by atoms with van der Waals surface area (Å²) in [5.74, 6) is 0. The zero-order chi connectivity index (χ0) is 17.8.